The van der Waals surface area contributed by atoms with Crippen molar-refractivity contribution in [1.82, 2.24) is 10.2 Å². The van der Waals surface area contributed by atoms with Gasteiger partial charge in [0.2, 0.25) is 0 Å². The molecular weight excluding hydrogens is 231 g/mol. The van der Waals surface area contributed by atoms with Gasteiger partial charge in [-0.25, -0.2) is 4.39 Å². The molecule has 1 N–H and O–H groups in total. The van der Waals surface area contributed by atoms with Gasteiger partial charge in [-0.05, 0) is 25.2 Å². The Labute approximate surface area is 101 Å². The van der Waals surface area contributed by atoms with Crippen molar-refractivity contribution in [3.05, 3.63) is 35.6 Å². The van der Waals surface area contributed by atoms with E-state index in [1.165, 1.54) is 18.2 Å². The summed E-state index contributed by atoms with van der Waals surface area (Å²) in [6.45, 7) is 1.32. The first-order valence-corrected chi connectivity index (χ1v) is 4.81. The number of halogens is 2. The van der Waals surface area contributed by atoms with Crippen molar-refractivity contribution in [2.45, 2.75) is 0 Å². The number of nitrogens with zero attached hydrogens (tertiary/aromatic N) is 1. The first kappa shape index (κ1) is 14.9. The minimum atomic E-state index is -0.386. The molecule has 0 unspecified atom stereocenters. The number of nitrogens with one attached hydrogen (secondary N) is 1. The van der Waals surface area contributed by atoms with Crippen LogP contribution in [0.1, 0.15) is 10.4 Å². The largest absolute Gasteiger partial charge is 0.340 e. The molecule has 0 aromatic heterocycles. The van der Waals surface area contributed by atoms with E-state index in [1.54, 1.807) is 18.0 Å². The van der Waals surface area contributed by atoms with E-state index in [0.717, 1.165) is 6.54 Å². The van der Waals surface area contributed by atoms with Gasteiger partial charge in [0.05, 0.1) is 0 Å². The normalized spacial score (nSPS) is 9.44. The highest BCUT2D eigenvalue weighted by atomic mass is 35.5. The number of benzene rings is 1. The summed E-state index contributed by atoms with van der Waals surface area (Å²) in [6.07, 6.45) is 0. The van der Waals surface area contributed by atoms with E-state index in [4.69, 9.17) is 0 Å². The Morgan fingerprint density at radius 2 is 2.19 bits per heavy atom. The van der Waals surface area contributed by atoms with Gasteiger partial charge in [-0.1, -0.05) is 6.07 Å². The molecule has 0 saturated heterocycles. The highest BCUT2D eigenvalue weighted by Gasteiger charge is 2.10. The predicted molar refractivity (Wildman–Crippen MR) is 64.5 cm³/mol. The van der Waals surface area contributed by atoms with Crippen LogP contribution in [0.25, 0.3) is 0 Å². The Morgan fingerprint density at radius 3 is 2.75 bits per heavy atom. The van der Waals surface area contributed by atoms with E-state index in [9.17, 15) is 9.18 Å². The molecule has 0 fully saturated rings. The molecule has 0 aliphatic carbocycles. The van der Waals surface area contributed by atoms with Crippen molar-refractivity contribution in [3.8, 4) is 0 Å². The summed E-state index contributed by atoms with van der Waals surface area (Å²) in [7, 11) is 3.52. The monoisotopic (exact) mass is 246 g/mol. The Morgan fingerprint density at radius 1 is 1.50 bits per heavy atom. The molecule has 16 heavy (non-hydrogen) atoms. The molecule has 0 radical (unpaired) electrons. The van der Waals surface area contributed by atoms with Gasteiger partial charge in [0.1, 0.15) is 5.82 Å². The van der Waals surface area contributed by atoms with Gasteiger partial charge in [0.25, 0.3) is 5.91 Å². The average molecular weight is 247 g/mol. The Kier molecular flexibility index (Phi) is 6.69. The molecular formula is C11H16ClFN2O. The van der Waals surface area contributed by atoms with E-state index in [0.29, 0.717) is 12.1 Å². The molecule has 1 aromatic carbocycles. The lowest BCUT2D eigenvalue weighted by molar-refractivity contribution is 0.0796. The fourth-order valence-corrected chi connectivity index (χ4v) is 1.22. The van der Waals surface area contributed by atoms with Crippen molar-refractivity contribution in [1.29, 1.82) is 0 Å². The van der Waals surface area contributed by atoms with E-state index in [1.807, 2.05) is 7.05 Å². The van der Waals surface area contributed by atoms with Gasteiger partial charge in [-0.2, -0.15) is 0 Å². The minimum absolute atomic E-state index is 0. The van der Waals surface area contributed by atoms with Crippen molar-refractivity contribution in [2.75, 3.05) is 27.2 Å². The highest BCUT2D eigenvalue weighted by Crippen LogP contribution is 2.05. The summed E-state index contributed by atoms with van der Waals surface area (Å²) in [6, 6.07) is 5.72. The van der Waals surface area contributed by atoms with Crippen LogP contribution in [0.15, 0.2) is 24.3 Å². The van der Waals surface area contributed by atoms with Gasteiger partial charge in [-0.15, -0.1) is 12.4 Å². The summed E-state index contributed by atoms with van der Waals surface area (Å²) < 4.78 is 12.9. The first-order chi connectivity index (χ1) is 7.15. The maximum atomic E-state index is 12.9. The van der Waals surface area contributed by atoms with Gasteiger partial charge < -0.3 is 10.2 Å². The zero-order valence-electron chi connectivity index (χ0n) is 9.37. The molecule has 0 spiro atoms. The summed E-state index contributed by atoms with van der Waals surface area (Å²) >= 11 is 0. The lowest BCUT2D eigenvalue weighted by atomic mass is 10.2. The molecule has 0 atom stereocenters. The van der Waals surface area contributed by atoms with Crippen LogP contribution in [-0.2, 0) is 0 Å². The SMILES string of the molecule is CNCCN(C)C(=O)c1cccc(F)c1.Cl. The van der Waals surface area contributed by atoms with E-state index in [-0.39, 0.29) is 24.1 Å². The molecule has 0 aliphatic heterocycles. The molecule has 0 aliphatic rings. The van der Waals surface area contributed by atoms with Gasteiger partial charge >= 0.3 is 0 Å². The quantitative estimate of drug-likeness (QED) is 0.874. The van der Waals surface area contributed by atoms with Crippen LogP contribution in [-0.4, -0.2) is 38.0 Å². The number of hydrogen-bond acceptors (Lipinski definition) is 2. The summed E-state index contributed by atoms with van der Waals surface area (Å²) in [5, 5.41) is 2.95. The Balaban J connectivity index is 0.00000225. The maximum Gasteiger partial charge on any atom is 0.253 e. The average Bonchev–Trinajstić information content (AvgIpc) is 2.24. The van der Waals surface area contributed by atoms with Crippen LogP contribution in [0.5, 0.6) is 0 Å². The second-order valence-corrected chi connectivity index (χ2v) is 3.34. The van der Waals surface area contributed by atoms with Crippen LogP contribution >= 0.6 is 12.4 Å². The van der Waals surface area contributed by atoms with Gasteiger partial charge in [0.15, 0.2) is 0 Å². The number of rotatable bonds is 4. The van der Waals surface area contributed by atoms with Crippen molar-refractivity contribution in [2.24, 2.45) is 0 Å². The van der Waals surface area contributed by atoms with E-state index >= 15 is 0 Å². The number of hydrogen-bond donors (Lipinski definition) is 1. The lowest BCUT2D eigenvalue weighted by Crippen LogP contribution is -2.32. The molecule has 0 saturated carbocycles. The van der Waals surface area contributed by atoms with Crippen molar-refractivity contribution >= 4 is 18.3 Å². The fraction of sp³-hybridized carbons (Fsp3) is 0.364. The van der Waals surface area contributed by atoms with E-state index < -0.39 is 0 Å². The lowest BCUT2D eigenvalue weighted by Gasteiger charge is -2.16. The van der Waals surface area contributed by atoms with Crippen LogP contribution in [0, 0.1) is 5.82 Å². The highest BCUT2D eigenvalue weighted by molar-refractivity contribution is 5.94. The number of likely N-dealkylation sites (N-methyl/N-ethyl adjacent to an activating group) is 2. The van der Waals surface area contributed by atoms with Crippen molar-refractivity contribution in [3.63, 3.8) is 0 Å². The topological polar surface area (TPSA) is 32.3 Å². The second-order valence-electron chi connectivity index (χ2n) is 3.34. The third-order valence-corrected chi connectivity index (χ3v) is 2.12. The molecule has 3 nitrogen and oxygen atoms in total. The number of amides is 1. The van der Waals surface area contributed by atoms with Crippen LogP contribution in [0.3, 0.4) is 0 Å². The first-order valence-electron chi connectivity index (χ1n) is 4.81. The minimum Gasteiger partial charge on any atom is -0.340 e. The molecule has 0 bridgehead atoms. The Bertz CT molecular complexity index is 347. The molecule has 90 valence electrons. The molecule has 0 heterocycles. The smallest absolute Gasteiger partial charge is 0.253 e. The fourth-order valence-electron chi connectivity index (χ4n) is 1.22. The van der Waals surface area contributed by atoms with Crippen molar-refractivity contribution < 1.29 is 9.18 Å². The Hall–Kier alpha value is -1.13. The van der Waals surface area contributed by atoms with E-state index in [2.05, 4.69) is 5.32 Å². The van der Waals surface area contributed by atoms with Crippen LogP contribution in [0.2, 0.25) is 0 Å². The van der Waals surface area contributed by atoms with Crippen LogP contribution < -0.4 is 5.32 Å². The maximum absolute atomic E-state index is 12.9. The third-order valence-electron chi connectivity index (χ3n) is 2.12. The third kappa shape index (κ3) is 4.16. The standard InChI is InChI=1S/C11H15FN2O.ClH/c1-13-6-7-14(2)11(15)9-4-3-5-10(12)8-9;/h3-5,8,13H,6-7H2,1-2H3;1H. The van der Waals surface area contributed by atoms with Gasteiger partial charge in [0, 0.05) is 25.7 Å². The second kappa shape index (κ2) is 7.19. The molecule has 1 aromatic rings. The number of carbonyl (C=O) groups is 1. The summed E-state index contributed by atoms with van der Waals surface area (Å²) in [5.74, 6) is -0.549. The molecule has 5 heteroatoms. The van der Waals surface area contributed by atoms with Gasteiger partial charge in [-0.3, -0.25) is 4.79 Å². The molecule has 1 amide bonds. The predicted octanol–water partition coefficient (Wildman–Crippen LogP) is 1.54. The zero-order valence-corrected chi connectivity index (χ0v) is 10.2. The zero-order chi connectivity index (χ0) is 11.3. The molecule has 1 rings (SSSR count). The van der Waals surface area contributed by atoms with Crippen LogP contribution in [0.4, 0.5) is 4.39 Å². The summed E-state index contributed by atoms with van der Waals surface area (Å²) in [4.78, 5) is 13.3. The summed E-state index contributed by atoms with van der Waals surface area (Å²) in [5.41, 5.74) is 0.383. The number of carbonyl (C=O) groups excluding carboxylic acids is 1.